The number of hydrogen-bond acceptors (Lipinski definition) is 3. The van der Waals surface area contributed by atoms with E-state index in [9.17, 15) is 0 Å². The van der Waals surface area contributed by atoms with Crippen molar-refractivity contribution in [1.29, 1.82) is 0 Å². The van der Waals surface area contributed by atoms with E-state index in [4.69, 9.17) is 4.74 Å². The van der Waals surface area contributed by atoms with Gasteiger partial charge in [0.2, 0.25) is 0 Å². The molecule has 0 saturated carbocycles. The van der Waals surface area contributed by atoms with Gasteiger partial charge < -0.3 is 15.0 Å². The van der Waals surface area contributed by atoms with E-state index < -0.39 is 0 Å². The summed E-state index contributed by atoms with van der Waals surface area (Å²) in [6.45, 7) is 14.9. The van der Waals surface area contributed by atoms with E-state index in [-0.39, 0.29) is 0 Å². The molecular formula is C19H38N2O. The van der Waals surface area contributed by atoms with Gasteiger partial charge in [0.15, 0.2) is 0 Å². The Bertz CT molecular complexity index is 344. The van der Waals surface area contributed by atoms with E-state index in [1.807, 2.05) is 0 Å². The predicted octanol–water partition coefficient (Wildman–Crippen LogP) is 3.68. The average Bonchev–Trinajstić information content (AvgIpc) is 2.62. The molecule has 2 atom stereocenters. The maximum Gasteiger partial charge on any atom is 0.0643 e. The van der Waals surface area contributed by atoms with Crippen LogP contribution in [-0.2, 0) is 4.74 Å². The zero-order chi connectivity index (χ0) is 16.4. The molecule has 22 heavy (non-hydrogen) atoms. The van der Waals surface area contributed by atoms with E-state index in [0.29, 0.717) is 16.9 Å². The van der Waals surface area contributed by atoms with Crippen LogP contribution in [0.2, 0.25) is 0 Å². The Morgan fingerprint density at radius 3 is 2.09 bits per heavy atom. The SMILES string of the molecule is CN1C(CC(C)(C)CCNC2COC2)CC[C@@H]1CC(C)(C)C. The first-order valence-corrected chi connectivity index (χ1v) is 9.19. The van der Waals surface area contributed by atoms with Crippen LogP contribution >= 0.6 is 0 Å². The van der Waals surface area contributed by atoms with Crippen molar-refractivity contribution in [3.05, 3.63) is 0 Å². The topological polar surface area (TPSA) is 24.5 Å². The van der Waals surface area contributed by atoms with E-state index in [2.05, 4.69) is 51.9 Å². The maximum absolute atomic E-state index is 5.22. The zero-order valence-electron chi connectivity index (χ0n) is 15.7. The number of hydrogen-bond donors (Lipinski definition) is 1. The Morgan fingerprint density at radius 1 is 1.00 bits per heavy atom. The van der Waals surface area contributed by atoms with Crippen molar-refractivity contribution in [2.75, 3.05) is 26.8 Å². The van der Waals surface area contributed by atoms with E-state index in [1.54, 1.807) is 0 Å². The van der Waals surface area contributed by atoms with Crippen LogP contribution < -0.4 is 5.32 Å². The van der Waals surface area contributed by atoms with Crippen molar-refractivity contribution in [3.8, 4) is 0 Å². The van der Waals surface area contributed by atoms with Gasteiger partial charge in [-0.05, 0) is 56.5 Å². The predicted molar refractivity (Wildman–Crippen MR) is 94.3 cm³/mol. The summed E-state index contributed by atoms with van der Waals surface area (Å²) in [5, 5.41) is 3.61. The molecule has 0 amide bonds. The maximum atomic E-state index is 5.22. The third-order valence-corrected chi connectivity index (χ3v) is 5.49. The van der Waals surface area contributed by atoms with Crippen molar-refractivity contribution in [2.45, 2.75) is 84.8 Å². The van der Waals surface area contributed by atoms with Crippen LogP contribution in [0.3, 0.4) is 0 Å². The molecular weight excluding hydrogens is 272 g/mol. The number of nitrogens with zero attached hydrogens (tertiary/aromatic N) is 1. The van der Waals surface area contributed by atoms with Crippen LogP contribution in [0.25, 0.3) is 0 Å². The molecule has 0 spiro atoms. The standard InChI is InChI=1S/C19H38N2O/c1-18(2,3)11-16-7-8-17(21(16)6)12-19(4,5)9-10-20-15-13-22-14-15/h15-17,20H,7-14H2,1-6H3/t16-,17?/m1/s1. The molecule has 2 rings (SSSR count). The molecule has 1 unspecified atom stereocenters. The van der Waals surface area contributed by atoms with Gasteiger partial charge in [0.25, 0.3) is 0 Å². The molecule has 0 bridgehead atoms. The molecule has 0 aliphatic carbocycles. The Labute approximate surface area is 138 Å². The van der Waals surface area contributed by atoms with Gasteiger partial charge in [-0.3, -0.25) is 0 Å². The molecule has 0 aromatic carbocycles. The quantitative estimate of drug-likeness (QED) is 0.776. The third-order valence-electron chi connectivity index (χ3n) is 5.49. The van der Waals surface area contributed by atoms with Crippen LogP contribution in [0.5, 0.6) is 0 Å². The van der Waals surface area contributed by atoms with Crippen molar-refractivity contribution in [1.82, 2.24) is 10.2 Å². The third kappa shape index (κ3) is 5.50. The van der Waals surface area contributed by atoms with Crippen LogP contribution in [0.15, 0.2) is 0 Å². The summed E-state index contributed by atoms with van der Waals surface area (Å²) in [6.07, 6.45) is 6.67. The molecule has 2 aliphatic heterocycles. The summed E-state index contributed by atoms with van der Waals surface area (Å²) in [5.41, 5.74) is 0.866. The Balaban J connectivity index is 1.74. The fraction of sp³-hybridized carbons (Fsp3) is 1.00. The lowest BCUT2D eigenvalue weighted by Crippen LogP contribution is -2.47. The summed E-state index contributed by atoms with van der Waals surface area (Å²) in [7, 11) is 2.36. The Hall–Kier alpha value is -0.120. The van der Waals surface area contributed by atoms with Crippen LogP contribution in [0.1, 0.15) is 66.7 Å². The highest BCUT2D eigenvalue weighted by Crippen LogP contribution is 2.37. The number of likely N-dealkylation sites (tertiary alicyclic amines) is 1. The van der Waals surface area contributed by atoms with Gasteiger partial charge in [-0.25, -0.2) is 0 Å². The summed E-state index contributed by atoms with van der Waals surface area (Å²) in [6, 6.07) is 2.17. The van der Waals surface area contributed by atoms with Crippen molar-refractivity contribution in [2.24, 2.45) is 10.8 Å². The highest BCUT2D eigenvalue weighted by molar-refractivity contribution is 4.91. The van der Waals surface area contributed by atoms with Gasteiger partial charge in [0, 0.05) is 12.1 Å². The van der Waals surface area contributed by atoms with Gasteiger partial charge in [-0.2, -0.15) is 0 Å². The summed E-state index contributed by atoms with van der Waals surface area (Å²) in [4.78, 5) is 2.68. The summed E-state index contributed by atoms with van der Waals surface area (Å²) < 4.78 is 5.22. The van der Waals surface area contributed by atoms with Gasteiger partial charge in [0.05, 0.1) is 19.3 Å². The van der Waals surface area contributed by atoms with E-state index in [1.165, 1.54) is 32.1 Å². The molecule has 2 aliphatic rings. The first-order chi connectivity index (χ1) is 10.2. The normalized spacial score (nSPS) is 28.1. The number of rotatable bonds is 7. The molecule has 1 N–H and O–H groups in total. The minimum Gasteiger partial charge on any atom is -0.378 e. The average molecular weight is 311 g/mol. The lowest BCUT2D eigenvalue weighted by atomic mass is 9.82. The van der Waals surface area contributed by atoms with Crippen molar-refractivity contribution in [3.63, 3.8) is 0 Å². The van der Waals surface area contributed by atoms with E-state index >= 15 is 0 Å². The van der Waals surface area contributed by atoms with Crippen LogP contribution in [0.4, 0.5) is 0 Å². The molecule has 3 heteroatoms. The molecule has 130 valence electrons. The first-order valence-electron chi connectivity index (χ1n) is 9.19. The molecule has 0 aromatic heterocycles. The van der Waals surface area contributed by atoms with E-state index in [0.717, 1.165) is 31.8 Å². The molecule has 2 heterocycles. The van der Waals surface area contributed by atoms with Crippen molar-refractivity contribution < 1.29 is 4.74 Å². The molecule has 2 saturated heterocycles. The molecule has 0 radical (unpaired) electrons. The smallest absolute Gasteiger partial charge is 0.0643 e. The van der Waals surface area contributed by atoms with Crippen LogP contribution in [0, 0.1) is 10.8 Å². The second-order valence-electron chi connectivity index (χ2n) is 9.62. The molecule has 3 nitrogen and oxygen atoms in total. The van der Waals surface area contributed by atoms with Crippen LogP contribution in [-0.4, -0.2) is 49.8 Å². The highest BCUT2D eigenvalue weighted by atomic mass is 16.5. The lowest BCUT2D eigenvalue weighted by Gasteiger charge is -2.35. The van der Waals surface area contributed by atoms with Gasteiger partial charge in [-0.15, -0.1) is 0 Å². The van der Waals surface area contributed by atoms with Gasteiger partial charge >= 0.3 is 0 Å². The highest BCUT2D eigenvalue weighted by Gasteiger charge is 2.35. The molecule has 2 fully saturated rings. The first kappa shape index (κ1) is 18.2. The Morgan fingerprint density at radius 2 is 1.59 bits per heavy atom. The van der Waals surface area contributed by atoms with Crippen molar-refractivity contribution >= 4 is 0 Å². The zero-order valence-corrected chi connectivity index (χ0v) is 15.7. The number of ether oxygens (including phenoxy) is 1. The lowest BCUT2D eigenvalue weighted by molar-refractivity contribution is -0.00620. The minimum atomic E-state index is 0.424. The monoisotopic (exact) mass is 310 g/mol. The second kappa shape index (κ2) is 7.19. The fourth-order valence-electron chi connectivity index (χ4n) is 4.00. The Kier molecular flexibility index (Phi) is 5.95. The largest absolute Gasteiger partial charge is 0.378 e. The molecule has 0 aromatic rings. The minimum absolute atomic E-state index is 0.424. The fourth-order valence-corrected chi connectivity index (χ4v) is 4.00. The van der Waals surface area contributed by atoms with Gasteiger partial charge in [-0.1, -0.05) is 34.6 Å². The summed E-state index contributed by atoms with van der Waals surface area (Å²) >= 11 is 0. The summed E-state index contributed by atoms with van der Waals surface area (Å²) in [5.74, 6) is 0. The number of nitrogens with one attached hydrogen (secondary N) is 1. The van der Waals surface area contributed by atoms with Gasteiger partial charge in [0.1, 0.15) is 0 Å². The second-order valence-corrected chi connectivity index (χ2v) is 9.62.